The molecule has 0 saturated heterocycles. The molecule has 0 heterocycles. The lowest BCUT2D eigenvalue weighted by Gasteiger charge is -2.14. The van der Waals surface area contributed by atoms with Crippen molar-refractivity contribution in [3.05, 3.63) is 0 Å². The SMILES string of the molecule is CCC(C)C[C@H](N)CNC. The van der Waals surface area contributed by atoms with Crippen LogP contribution in [-0.4, -0.2) is 19.6 Å². The topological polar surface area (TPSA) is 38.0 Å². The molecule has 0 bridgehead atoms. The number of nitrogens with one attached hydrogen (secondary N) is 1. The van der Waals surface area contributed by atoms with Gasteiger partial charge in [-0.2, -0.15) is 0 Å². The van der Waals surface area contributed by atoms with Crippen LogP contribution in [0.25, 0.3) is 0 Å². The molecule has 0 aromatic carbocycles. The van der Waals surface area contributed by atoms with Crippen molar-refractivity contribution in [2.45, 2.75) is 32.7 Å². The van der Waals surface area contributed by atoms with Crippen molar-refractivity contribution < 1.29 is 0 Å². The van der Waals surface area contributed by atoms with Gasteiger partial charge in [-0.15, -0.1) is 0 Å². The Balaban J connectivity index is 3.27. The van der Waals surface area contributed by atoms with Crippen LogP contribution in [0.15, 0.2) is 0 Å². The van der Waals surface area contributed by atoms with Gasteiger partial charge in [-0.3, -0.25) is 0 Å². The van der Waals surface area contributed by atoms with E-state index in [9.17, 15) is 0 Å². The number of likely N-dealkylation sites (N-methyl/N-ethyl adjacent to an activating group) is 1. The molecule has 2 atom stereocenters. The molecule has 2 nitrogen and oxygen atoms in total. The standard InChI is InChI=1S/C8H20N2/c1-4-7(2)5-8(9)6-10-3/h7-8,10H,4-6,9H2,1-3H3/t7?,8-/m0/s1. The van der Waals surface area contributed by atoms with Crippen LogP contribution in [0.1, 0.15) is 26.7 Å². The largest absolute Gasteiger partial charge is 0.327 e. The maximum atomic E-state index is 5.80. The highest BCUT2D eigenvalue weighted by atomic mass is 14.9. The molecule has 0 amide bonds. The van der Waals surface area contributed by atoms with Gasteiger partial charge in [0.1, 0.15) is 0 Å². The fourth-order valence-electron chi connectivity index (χ4n) is 1.03. The summed E-state index contributed by atoms with van der Waals surface area (Å²) in [5.41, 5.74) is 5.80. The zero-order valence-electron chi connectivity index (χ0n) is 7.35. The molecule has 0 fully saturated rings. The normalized spacial score (nSPS) is 16.8. The number of hydrogen-bond donors (Lipinski definition) is 2. The van der Waals surface area contributed by atoms with Crippen LogP contribution in [0.5, 0.6) is 0 Å². The number of hydrogen-bond acceptors (Lipinski definition) is 2. The highest BCUT2D eigenvalue weighted by molar-refractivity contribution is 4.66. The van der Waals surface area contributed by atoms with Crippen LogP contribution in [0.2, 0.25) is 0 Å². The first kappa shape index (κ1) is 9.92. The van der Waals surface area contributed by atoms with Crippen molar-refractivity contribution >= 4 is 0 Å². The van der Waals surface area contributed by atoms with Gasteiger partial charge in [-0.25, -0.2) is 0 Å². The Labute approximate surface area is 64.2 Å². The van der Waals surface area contributed by atoms with Crippen molar-refractivity contribution in [1.29, 1.82) is 0 Å². The van der Waals surface area contributed by atoms with Crippen molar-refractivity contribution in [1.82, 2.24) is 5.32 Å². The average molecular weight is 144 g/mol. The molecule has 0 aromatic heterocycles. The third-order valence-electron chi connectivity index (χ3n) is 1.87. The molecule has 0 rings (SSSR count). The van der Waals surface area contributed by atoms with Crippen LogP contribution in [-0.2, 0) is 0 Å². The molecular formula is C8H20N2. The molecule has 0 aliphatic heterocycles. The summed E-state index contributed by atoms with van der Waals surface area (Å²) in [7, 11) is 1.94. The summed E-state index contributed by atoms with van der Waals surface area (Å²) in [6, 6.07) is 0.333. The third-order valence-corrected chi connectivity index (χ3v) is 1.87. The van der Waals surface area contributed by atoms with Crippen molar-refractivity contribution in [2.24, 2.45) is 11.7 Å². The summed E-state index contributed by atoms with van der Waals surface area (Å²) in [6.07, 6.45) is 2.37. The fourth-order valence-corrected chi connectivity index (χ4v) is 1.03. The van der Waals surface area contributed by atoms with Gasteiger partial charge in [0.15, 0.2) is 0 Å². The van der Waals surface area contributed by atoms with Crippen LogP contribution >= 0.6 is 0 Å². The zero-order valence-corrected chi connectivity index (χ0v) is 7.35. The Hall–Kier alpha value is -0.0800. The van der Waals surface area contributed by atoms with Gasteiger partial charge in [0.25, 0.3) is 0 Å². The zero-order chi connectivity index (χ0) is 7.98. The molecule has 0 spiro atoms. The second kappa shape index (κ2) is 5.69. The van der Waals surface area contributed by atoms with Gasteiger partial charge < -0.3 is 11.1 Å². The summed E-state index contributed by atoms with van der Waals surface area (Å²) < 4.78 is 0. The van der Waals surface area contributed by atoms with E-state index in [-0.39, 0.29) is 0 Å². The summed E-state index contributed by atoms with van der Waals surface area (Å²) in [5.74, 6) is 0.767. The molecule has 2 heteroatoms. The summed E-state index contributed by atoms with van der Waals surface area (Å²) in [6.45, 7) is 5.39. The van der Waals surface area contributed by atoms with Gasteiger partial charge in [0.2, 0.25) is 0 Å². The Bertz CT molecular complexity index is 73.7. The maximum Gasteiger partial charge on any atom is 0.0167 e. The smallest absolute Gasteiger partial charge is 0.0167 e. The first-order valence-corrected chi connectivity index (χ1v) is 4.10. The summed E-state index contributed by atoms with van der Waals surface area (Å²) >= 11 is 0. The van der Waals surface area contributed by atoms with Crippen LogP contribution in [0, 0.1) is 5.92 Å². The Kier molecular flexibility index (Phi) is 5.64. The minimum absolute atomic E-state index is 0.333. The van der Waals surface area contributed by atoms with E-state index in [0.717, 1.165) is 18.9 Å². The summed E-state index contributed by atoms with van der Waals surface area (Å²) in [5, 5.41) is 3.07. The van der Waals surface area contributed by atoms with E-state index < -0.39 is 0 Å². The van der Waals surface area contributed by atoms with E-state index in [0.29, 0.717) is 6.04 Å². The lowest BCUT2D eigenvalue weighted by atomic mass is 10.00. The highest BCUT2D eigenvalue weighted by Crippen LogP contribution is 2.07. The monoisotopic (exact) mass is 144 g/mol. The number of rotatable bonds is 5. The van der Waals surface area contributed by atoms with E-state index in [4.69, 9.17) is 5.73 Å². The predicted molar refractivity (Wildman–Crippen MR) is 46.0 cm³/mol. The van der Waals surface area contributed by atoms with Crippen molar-refractivity contribution in [3.63, 3.8) is 0 Å². The molecule has 0 aromatic rings. The average Bonchev–Trinajstić information content (AvgIpc) is 1.88. The van der Waals surface area contributed by atoms with Gasteiger partial charge >= 0.3 is 0 Å². The van der Waals surface area contributed by atoms with Crippen LogP contribution in [0.3, 0.4) is 0 Å². The first-order valence-electron chi connectivity index (χ1n) is 4.10. The molecule has 1 unspecified atom stereocenters. The molecular weight excluding hydrogens is 124 g/mol. The Morgan fingerprint density at radius 2 is 2.10 bits per heavy atom. The Morgan fingerprint density at radius 1 is 1.50 bits per heavy atom. The molecule has 0 radical (unpaired) electrons. The predicted octanol–water partition coefficient (Wildman–Crippen LogP) is 0.969. The fraction of sp³-hybridized carbons (Fsp3) is 1.00. The van der Waals surface area contributed by atoms with Gasteiger partial charge in [0, 0.05) is 12.6 Å². The minimum Gasteiger partial charge on any atom is -0.327 e. The van der Waals surface area contributed by atoms with E-state index in [1.165, 1.54) is 6.42 Å². The lowest BCUT2D eigenvalue weighted by molar-refractivity contribution is 0.442. The van der Waals surface area contributed by atoms with Gasteiger partial charge in [-0.1, -0.05) is 20.3 Å². The second-order valence-corrected chi connectivity index (χ2v) is 3.07. The Morgan fingerprint density at radius 3 is 2.50 bits per heavy atom. The lowest BCUT2D eigenvalue weighted by Crippen LogP contribution is -2.33. The highest BCUT2D eigenvalue weighted by Gasteiger charge is 2.05. The van der Waals surface area contributed by atoms with Gasteiger partial charge in [-0.05, 0) is 19.4 Å². The summed E-state index contributed by atoms with van der Waals surface area (Å²) in [4.78, 5) is 0. The maximum absolute atomic E-state index is 5.80. The van der Waals surface area contributed by atoms with E-state index in [2.05, 4.69) is 19.2 Å². The first-order chi connectivity index (χ1) is 4.70. The molecule has 10 heavy (non-hydrogen) atoms. The van der Waals surface area contributed by atoms with Crippen molar-refractivity contribution in [3.8, 4) is 0 Å². The minimum atomic E-state index is 0.333. The van der Waals surface area contributed by atoms with E-state index in [1.807, 2.05) is 7.05 Å². The molecule has 0 aliphatic carbocycles. The molecule has 62 valence electrons. The van der Waals surface area contributed by atoms with Crippen LogP contribution < -0.4 is 11.1 Å². The molecule has 0 saturated carbocycles. The van der Waals surface area contributed by atoms with Gasteiger partial charge in [0.05, 0.1) is 0 Å². The molecule has 3 N–H and O–H groups in total. The molecule has 0 aliphatic rings. The number of nitrogens with two attached hydrogens (primary N) is 1. The third kappa shape index (κ3) is 4.77. The van der Waals surface area contributed by atoms with Crippen molar-refractivity contribution in [2.75, 3.05) is 13.6 Å². The van der Waals surface area contributed by atoms with Crippen LogP contribution in [0.4, 0.5) is 0 Å². The quantitative estimate of drug-likeness (QED) is 0.603. The van der Waals surface area contributed by atoms with E-state index in [1.54, 1.807) is 0 Å². The van der Waals surface area contributed by atoms with E-state index >= 15 is 0 Å². The second-order valence-electron chi connectivity index (χ2n) is 3.07.